The van der Waals surface area contributed by atoms with Gasteiger partial charge in [0.05, 0.1) is 21.3 Å². The average Bonchev–Trinajstić information content (AvgIpc) is 3.06. The number of fused-ring (bicyclic) bond motifs is 1. The summed E-state index contributed by atoms with van der Waals surface area (Å²) in [4.78, 5) is 16.9. The van der Waals surface area contributed by atoms with Crippen molar-refractivity contribution in [2.45, 2.75) is 0 Å². The zero-order valence-electron chi connectivity index (χ0n) is 13.0. The first-order chi connectivity index (χ1) is 12.2. The molecule has 0 bridgehead atoms. The molecular formula is C20H12FNO2S. The van der Waals surface area contributed by atoms with Crippen LogP contribution in [0.4, 0.5) is 4.39 Å². The summed E-state index contributed by atoms with van der Waals surface area (Å²) in [5.74, 6) is -0.683. The van der Waals surface area contributed by atoms with Crippen LogP contribution in [-0.2, 0) is 0 Å². The molecule has 0 aliphatic rings. The van der Waals surface area contributed by atoms with Crippen molar-refractivity contribution in [3.8, 4) is 16.3 Å². The predicted octanol–water partition coefficient (Wildman–Crippen LogP) is 5.32. The standard InChI is InChI=1S/C20H12FNO2S/c21-14-7-5-6-13(12-14)20(23)24-17-10-3-1-8-15(17)19-22-16-9-2-4-11-18(16)25-19/h1-12H. The third kappa shape index (κ3) is 3.14. The predicted molar refractivity (Wildman–Crippen MR) is 96.4 cm³/mol. The second-order valence-corrected chi connectivity index (χ2v) is 6.41. The average molecular weight is 349 g/mol. The van der Waals surface area contributed by atoms with Gasteiger partial charge in [0.1, 0.15) is 16.6 Å². The van der Waals surface area contributed by atoms with Crippen molar-refractivity contribution in [2.75, 3.05) is 0 Å². The monoisotopic (exact) mass is 349 g/mol. The van der Waals surface area contributed by atoms with Gasteiger partial charge in [-0.15, -0.1) is 11.3 Å². The van der Waals surface area contributed by atoms with Crippen LogP contribution in [0, 0.1) is 5.82 Å². The molecular weight excluding hydrogens is 337 g/mol. The van der Waals surface area contributed by atoms with Crippen molar-refractivity contribution >= 4 is 27.5 Å². The van der Waals surface area contributed by atoms with Gasteiger partial charge in [-0.25, -0.2) is 14.2 Å². The van der Waals surface area contributed by atoms with Crippen molar-refractivity contribution in [3.05, 3.63) is 84.2 Å². The highest BCUT2D eigenvalue weighted by atomic mass is 32.1. The van der Waals surface area contributed by atoms with Gasteiger partial charge in [-0.2, -0.15) is 0 Å². The zero-order chi connectivity index (χ0) is 17.2. The highest BCUT2D eigenvalue weighted by Gasteiger charge is 2.15. The van der Waals surface area contributed by atoms with Crippen LogP contribution in [-0.4, -0.2) is 11.0 Å². The van der Waals surface area contributed by atoms with Crippen LogP contribution in [0.15, 0.2) is 72.8 Å². The van der Waals surface area contributed by atoms with Crippen LogP contribution >= 0.6 is 11.3 Å². The maximum Gasteiger partial charge on any atom is 0.343 e. The summed E-state index contributed by atoms with van der Waals surface area (Å²) in [6.45, 7) is 0. The van der Waals surface area contributed by atoms with Gasteiger partial charge in [-0.3, -0.25) is 0 Å². The topological polar surface area (TPSA) is 39.2 Å². The van der Waals surface area contributed by atoms with Crippen molar-refractivity contribution < 1.29 is 13.9 Å². The number of rotatable bonds is 3. The fraction of sp³-hybridized carbons (Fsp3) is 0. The Balaban J connectivity index is 1.70. The lowest BCUT2D eigenvalue weighted by atomic mass is 10.2. The third-order valence-electron chi connectivity index (χ3n) is 3.67. The Kier molecular flexibility index (Phi) is 3.99. The molecule has 5 heteroatoms. The number of benzene rings is 3. The number of aromatic nitrogens is 1. The highest BCUT2D eigenvalue weighted by Crippen LogP contribution is 2.35. The van der Waals surface area contributed by atoms with Gasteiger partial charge in [-0.05, 0) is 42.5 Å². The van der Waals surface area contributed by atoms with E-state index >= 15 is 0 Å². The number of esters is 1. The van der Waals surface area contributed by atoms with Gasteiger partial charge in [0, 0.05) is 0 Å². The number of carbonyl (C=O) groups is 1. The van der Waals surface area contributed by atoms with Crippen LogP contribution in [0.5, 0.6) is 5.75 Å². The zero-order valence-corrected chi connectivity index (χ0v) is 13.8. The van der Waals surface area contributed by atoms with E-state index in [9.17, 15) is 9.18 Å². The molecule has 25 heavy (non-hydrogen) atoms. The maximum absolute atomic E-state index is 13.3. The number of nitrogens with zero attached hydrogens (tertiary/aromatic N) is 1. The van der Waals surface area contributed by atoms with Crippen LogP contribution < -0.4 is 4.74 Å². The van der Waals surface area contributed by atoms with E-state index in [-0.39, 0.29) is 5.56 Å². The molecule has 0 saturated heterocycles. The quantitative estimate of drug-likeness (QED) is 0.371. The number of hydrogen-bond acceptors (Lipinski definition) is 4. The summed E-state index contributed by atoms with van der Waals surface area (Å²) in [6.07, 6.45) is 0. The molecule has 3 aromatic carbocycles. The lowest BCUT2D eigenvalue weighted by Gasteiger charge is -2.08. The molecule has 1 heterocycles. The van der Waals surface area contributed by atoms with E-state index in [1.165, 1.54) is 29.5 Å². The first-order valence-corrected chi connectivity index (χ1v) is 8.45. The van der Waals surface area contributed by atoms with Gasteiger partial charge in [0.15, 0.2) is 0 Å². The Morgan fingerprint density at radius 2 is 1.76 bits per heavy atom. The Morgan fingerprint density at radius 3 is 2.60 bits per heavy atom. The molecule has 0 fully saturated rings. The molecule has 0 N–H and O–H groups in total. The third-order valence-corrected chi connectivity index (χ3v) is 4.74. The summed E-state index contributed by atoms with van der Waals surface area (Å²) in [6, 6.07) is 20.5. The van der Waals surface area contributed by atoms with Crippen molar-refractivity contribution in [3.63, 3.8) is 0 Å². The van der Waals surface area contributed by atoms with E-state index in [2.05, 4.69) is 4.98 Å². The van der Waals surface area contributed by atoms with E-state index in [4.69, 9.17) is 4.74 Å². The van der Waals surface area contributed by atoms with Gasteiger partial charge >= 0.3 is 5.97 Å². The van der Waals surface area contributed by atoms with E-state index < -0.39 is 11.8 Å². The van der Waals surface area contributed by atoms with Gasteiger partial charge in [0.25, 0.3) is 0 Å². The summed E-state index contributed by atoms with van der Waals surface area (Å²) in [5.41, 5.74) is 1.79. The minimum Gasteiger partial charge on any atom is -0.422 e. The van der Waals surface area contributed by atoms with Gasteiger partial charge in [-0.1, -0.05) is 30.3 Å². The first kappa shape index (κ1) is 15.5. The number of halogens is 1. The molecule has 4 aromatic rings. The molecule has 0 unspecified atom stereocenters. The fourth-order valence-electron chi connectivity index (χ4n) is 2.49. The number of thiazole rings is 1. The van der Waals surface area contributed by atoms with E-state index in [0.29, 0.717) is 5.75 Å². The Hall–Kier alpha value is -3.05. The molecule has 0 atom stereocenters. The summed E-state index contributed by atoms with van der Waals surface area (Å²) < 4.78 is 19.9. The molecule has 0 saturated carbocycles. The summed E-state index contributed by atoms with van der Waals surface area (Å²) in [7, 11) is 0. The molecule has 0 aliphatic carbocycles. The normalized spacial score (nSPS) is 10.8. The number of ether oxygens (including phenoxy) is 1. The molecule has 1 aromatic heterocycles. The van der Waals surface area contributed by atoms with Crippen molar-refractivity contribution in [2.24, 2.45) is 0 Å². The molecule has 0 amide bonds. The summed E-state index contributed by atoms with van der Waals surface area (Å²) >= 11 is 1.53. The SMILES string of the molecule is O=C(Oc1ccccc1-c1nc2ccccc2s1)c1cccc(F)c1. The Labute approximate surface area is 147 Å². The smallest absolute Gasteiger partial charge is 0.343 e. The molecule has 0 spiro atoms. The number of para-hydroxylation sites is 2. The van der Waals surface area contributed by atoms with Gasteiger partial charge in [0.2, 0.25) is 0 Å². The highest BCUT2D eigenvalue weighted by molar-refractivity contribution is 7.21. The van der Waals surface area contributed by atoms with Gasteiger partial charge < -0.3 is 4.74 Å². The van der Waals surface area contributed by atoms with Crippen molar-refractivity contribution in [1.82, 2.24) is 4.98 Å². The second kappa shape index (κ2) is 6.45. The molecule has 3 nitrogen and oxygen atoms in total. The largest absolute Gasteiger partial charge is 0.422 e. The maximum atomic E-state index is 13.3. The van der Waals surface area contributed by atoms with E-state index in [0.717, 1.165) is 26.9 Å². The second-order valence-electron chi connectivity index (χ2n) is 5.38. The lowest BCUT2D eigenvalue weighted by molar-refractivity contribution is 0.0735. The number of carbonyl (C=O) groups excluding carboxylic acids is 1. The molecule has 4 rings (SSSR count). The number of hydrogen-bond donors (Lipinski definition) is 0. The van der Waals surface area contributed by atoms with Crippen LogP contribution in [0.2, 0.25) is 0 Å². The van der Waals surface area contributed by atoms with E-state index in [1.807, 2.05) is 36.4 Å². The van der Waals surface area contributed by atoms with Crippen LogP contribution in [0.1, 0.15) is 10.4 Å². The molecule has 0 aliphatic heterocycles. The minimum atomic E-state index is -0.604. The van der Waals surface area contributed by atoms with Crippen LogP contribution in [0.25, 0.3) is 20.8 Å². The molecule has 122 valence electrons. The molecule has 0 radical (unpaired) electrons. The lowest BCUT2D eigenvalue weighted by Crippen LogP contribution is -2.09. The Morgan fingerprint density at radius 1 is 0.960 bits per heavy atom. The van der Waals surface area contributed by atoms with E-state index in [1.54, 1.807) is 12.1 Å². The van der Waals surface area contributed by atoms with Crippen molar-refractivity contribution in [1.29, 1.82) is 0 Å². The Bertz CT molecular complexity index is 1040. The summed E-state index contributed by atoms with van der Waals surface area (Å²) in [5, 5.41) is 0.767. The first-order valence-electron chi connectivity index (χ1n) is 7.63. The fourth-order valence-corrected chi connectivity index (χ4v) is 3.49. The minimum absolute atomic E-state index is 0.166. The van der Waals surface area contributed by atoms with Crippen LogP contribution in [0.3, 0.4) is 0 Å².